The highest BCUT2D eigenvalue weighted by molar-refractivity contribution is 5.98. The van der Waals surface area contributed by atoms with E-state index in [2.05, 4.69) is 42.9 Å². The van der Waals surface area contributed by atoms with Gasteiger partial charge in [0, 0.05) is 17.2 Å². The molecule has 0 saturated carbocycles. The van der Waals surface area contributed by atoms with Crippen molar-refractivity contribution in [3.8, 4) is 0 Å². The van der Waals surface area contributed by atoms with Gasteiger partial charge in [0.25, 0.3) is 5.91 Å². The summed E-state index contributed by atoms with van der Waals surface area (Å²) in [6.45, 7) is 4.71. The quantitative estimate of drug-likeness (QED) is 0.100. The van der Waals surface area contributed by atoms with Crippen LogP contribution in [0.25, 0.3) is 0 Å². The van der Waals surface area contributed by atoms with Gasteiger partial charge in [0.2, 0.25) is 17.4 Å². The van der Waals surface area contributed by atoms with Crippen LogP contribution in [0.15, 0.2) is 42.0 Å². The topological polar surface area (TPSA) is 204 Å². The van der Waals surface area contributed by atoms with Crippen molar-refractivity contribution in [3.63, 3.8) is 0 Å². The normalized spacial score (nSPS) is 16.2. The lowest BCUT2D eigenvalue weighted by molar-refractivity contribution is -0.349. The molecule has 13 nitrogen and oxygen atoms in total. The number of rotatable bonds is 7. The largest absolute Gasteiger partial charge is 0.367 e. The van der Waals surface area contributed by atoms with Crippen LogP contribution >= 0.6 is 0 Å². The van der Waals surface area contributed by atoms with E-state index in [1.165, 1.54) is 6.08 Å². The first-order valence-electron chi connectivity index (χ1n) is 9.84. The molecule has 13 heteroatoms. The van der Waals surface area contributed by atoms with Gasteiger partial charge in [-0.3, -0.25) is 20.2 Å². The van der Waals surface area contributed by atoms with Crippen LogP contribution in [0.4, 0.5) is 17.5 Å². The Morgan fingerprint density at radius 2 is 2.03 bits per heavy atom. The smallest absolute Gasteiger partial charge is 0.364 e. The summed E-state index contributed by atoms with van der Waals surface area (Å²) in [5, 5.41) is 17.8. The number of aromatic nitrogens is 3. The molecule has 0 spiro atoms. The highest BCUT2D eigenvalue weighted by Gasteiger charge is 2.26. The standard InChI is InChI=1S/C19H25N11O2/c1-2-14(31)30-9-3-4-13(10-30)24-19-25-18(15(16(20)32)28-29-19)23-12-7-5-11(6-8-12)17(26-21)27-22/h2,5-8,13H,1,3-4,9-10,21-22H2,(H2,20,32)(H,26,27)(H2,23,24,25,29)/p+1/t13-/m1/s1. The summed E-state index contributed by atoms with van der Waals surface area (Å²) in [5.74, 6) is 10.7. The third kappa shape index (κ3) is 5.26. The van der Waals surface area contributed by atoms with Crippen molar-refractivity contribution >= 4 is 35.1 Å². The van der Waals surface area contributed by atoms with Crippen LogP contribution in [0.5, 0.6) is 0 Å². The summed E-state index contributed by atoms with van der Waals surface area (Å²) in [4.78, 5) is 28.5. The number of piperidine rings is 1. The van der Waals surface area contributed by atoms with Crippen LogP contribution in [-0.2, 0) is 4.79 Å². The third-order valence-corrected chi connectivity index (χ3v) is 4.91. The molecule has 2 amide bonds. The van der Waals surface area contributed by atoms with Crippen molar-refractivity contribution in [1.29, 1.82) is 0 Å². The molecule has 0 radical (unpaired) electrons. The highest BCUT2D eigenvalue weighted by atomic mass is 16.2. The van der Waals surface area contributed by atoms with Crippen LogP contribution in [-0.4, -0.2) is 51.9 Å². The van der Waals surface area contributed by atoms with Gasteiger partial charge < -0.3 is 21.9 Å². The van der Waals surface area contributed by atoms with E-state index in [4.69, 9.17) is 17.4 Å². The first-order chi connectivity index (χ1) is 15.4. The van der Waals surface area contributed by atoms with E-state index in [1.807, 2.05) is 0 Å². The second-order valence-corrected chi connectivity index (χ2v) is 7.06. The number of amides is 2. The average molecular weight is 440 g/mol. The third-order valence-electron chi connectivity index (χ3n) is 4.91. The van der Waals surface area contributed by atoms with Crippen LogP contribution in [0, 0.1) is 0 Å². The van der Waals surface area contributed by atoms with Gasteiger partial charge in [-0.1, -0.05) is 11.7 Å². The van der Waals surface area contributed by atoms with Gasteiger partial charge in [0.1, 0.15) is 0 Å². The van der Waals surface area contributed by atoms with Gasteiger partial charge in [-0.25, -0.2) is 10.8 Å². The van der Waals surface area contributed by atoms with Crippen molar-refractivity contribution < 1.29 is 14.6 Å². The number of hydrazine groups is 1. The number of likely N-dealkylation sites (tertiary alicyclic amines) is 1. The number of nitrogens with one attached hydrogen (secondary N) is 4. The van der Waals surface area contributed by atoms with Crippen molar-refractivity contribution in [2.75, 3.05) is 23.7 Å². The molecule has 0 bridgehead atoms. The predicted octanol–water partition coefficient (Wildman–Crippen LogP) is -1.19. The monoisotopic (exact) mass is 440 g/mol. The lowest BCUT2D eigenvalue weighted by Crippen LogP contribution is -2.45. The molecule has 2 heterocycles. The second kappa shape index (κ2) is 10.2. The van der Waals surface area contributed by atoms with Gasteiger partial charge >= 0.3 is 5.95 Å². The minimum absolute atomic E-state index is 0.0394. The maximum atomic E-state index is 11.9. The number of hydrogen-bond acceptors (Lipinski definition) is 9. The summed E-state index contributed by atoms with van der Waals surface area (Å²) in [6, 6.07) is 6.91. The van der Waals surface area contributed by atoms with Gasteiger partial charge in [-0.15, -0.1) is 0 Å². The average Bonchev–Trinajstić information content (AvgIpc) is 2.80. The SMILES string of the molecule is C=CC(=O)N1CCC[C@@H](Nc2nnc(C(N)=O)c(Nc3ccc(/C(=N/N)NN)cc3)[nH+]2)C1. The lowest BCUT2D eigenvalue weighted by atomic mass is 10.1. The van der Waals surface area contributed by atoms with E-state index in [9.17, 15) is 9.59 Å². The minimum atomic E-state index is -0.746. The Kier molecular flexibility index (Phi) is 7.13. The molecule has 0 unspecified atom stereocenters. The summed E-state index contributed by atoms with van der Waals surface area (Å²) >= 11 is 0. The first-order valence-corrected chi connectivity index (χ1v) is 9.84. The van der Waals surface area contributed by atoms with Gasteiger partial charge in [0.05, 0.1) is 18.3 Å². The Bertz CT molecular complexity index is 1020. The molecule has 1 aliphatic heterocycles. The van der Waals surface area contributed by atoms with Crippen molar-refractivity contribution in [1.82, 2.24) is 20.5 Å². The number of nitrogens with zero attached hydrogens (tertiary/aromatic N) is 4. The number of carbonyl (C=O) groups excluding carboxylic acids is 2. The number of aromatic amines is 1. The Morgan fingerprint density at radius 1 is 1.28 bits per heavy atom. The van der Waals surface area contributed by atoms with Crippen LogP contribution in [0.2, 0.25) is 0 Å². The fraction of sp³-hybridized carbons (Fsp3) is 0.263. The minimum Gasteiger partial charge on any atom is -0.364 e. The number of anilines is 3. The summed E-state index contributed by atoms with van der Waals surface area (Å²) in [6.07, 6.45) is 2.99. The first kappa shape index (κ1) is 22.4. The van der Waals surface area contributed by atoms with E-state index >= 15 is 0 Å². The fourth-order valence-corrected chi connectivity index (χ4v) is 3.35. The number of amidine groups is 1. The molecule has 168 valence electrons. The molecule has 1 aromatic carbocycles. The van der Waals surface area contributed by atoms with E-state index in [1.54, 1.807) is 29.2 Å². The van der Waals surface area contributed by atoms with E-state index in [-0.39, 0.29) is 23.5 Å². The Hall–Kier alpha value is -4.26. The maximum absolute atomic E-state index is 11.9. The maximum Gasteiger partial charge on any atom is 0.367 e. The van der Waals surface area contributed by atoms with Crippen molar-refractivity contribution in [3.05, 3.63) is 48.2 Å². The number of H-pyrrole nitrogens is 1. The van der Waals surface area contributed by atoms with Crippen LogP contribution in [0.3, 0.4) is 0 Å². The zero-order valence-electron chi connectivity index (χ0n) is 17.3. The van der Waals surface area contributed by atoms with Crippen molar-refractivity contribution in [2.45, 2.75) is 18.9 Å². The number of hydrazone groups is 1. The Labute approximate surface area is 184 Å². The summed E-state index contributed by atoms with van der Waals surface area (Å²) in [5.41, 5.74) is 9.10. The fourth-order valence-electron chi connectivity index (χ4n) is 3.35. The molecule has 1 atom stereocenters. The summed E-state index contributed by atoms with van der Waals surface area (Å²) in [7, 11) is 0. The molecule has 0 aliphatic carbocycles. The zero-order valence-corrected chi connectivity index (χ0v) is 17.3. The van der Waals surface area contributed by atoms with E-state index < -0.39 is 5.91 Å². The number of benzene rings is 1. The Morgan fingerprint density at radius 3 is 2.66 bits per heavy atom. The van der Waals surface area contributed by atoms with Gasteiger partial charge in [0.15, 0.2) is 5.84 Å². The predicted molar refractivity (Wildman–Crippen MR) is 118 cm³/mol. The summed E-state index contributed by atoms with van der Waals surface area (Å²) < 4.78 is 0. The van der Waals surface area contributed by atoms with Crippen LogP contribution < -0.4 is 38.5 Å². The van der Waals surface area contributed by atoms with Crippen LogP contribution in [0.1, 0.15) is 28.9 Å². The van der Waals surface area contributed by atoms with Gasteiger partial charge in [-0.05, 0) is 43.2 Å². The van der Waals surface area contributed by atoms with E-state index in [0.717, 1.165) is 12.8 Å². The number of primary amides is 1. The molecule has 1 aromatic heterocycles. The highest BCUT2D eigenvalue weighted by Crippen LogP contribution is 2.18. The molecule has 1 aliphatic rings. The van der Waals surface area contributed by atoms with Gasteiger partial charge in [-0.2, -0.15) is 5.10 Å². The van der Waals surface area contributed by atoms with Crippen molar-refractivity contribution in [2.24, 2.45) is 22.5 Å². The molecule has 1 fully saturated rings. The second-order valence-electron chi connectivity index (χ2n) is 7.06. The number of nitrogens with two attached hydrogens (primary N) is 3. The molecule has 1 saturated heterocycles. The van der Waals surface area contributed by atoms with E-state index in [0.29, 0.717) is 36.1 Å². The molecule has 32 heavy (non-hydrogen) atoms. The Balaban J connectivity index is 1.78. The lowest BCUT2D eigenvalue weighted by Gasteiger charge is -2.30. The number of carbonyl (C=O) groups is 2. The zero-order chi connectivity index (χ0) is 23.1. The molecular formula is C19H26N11O2+. The molecule has 2 aromatic rings. The molecule has 3 rings (SSSR count). The molecule has 10 N–H and O–H groups in total. The number of hydrogen-bond donors (Lipinski definition) is 6. The molecular weight excluding hydrogens is 414 g/mol.